The number of ether oxygens (including phenoxy) is 1. The summed E-state index contributed by atoms with van der Waals surface area (Å²) in [6, 6.07) is 3.71. The zero-order valence-electron chi connectivity index (χ0n) is 11.5. The molecule has 0 spiro atoms. The van der Waals surface area contributed by atoms with Gasteiger partial charge in [-0.3, -0.25) is 4.79 Å². The number of piperazine rings is 1. The smallest absolute Gasteiger partial charge is 0.257 e. The van der Waals surface area contributed by atoms with Crippen LogP contribution in [0.5, 0.6) is 0 Å². The lowest BCUT2D eigenvalue weighted by Crippen LogP contribution is -2.45. The molecule has 1 amide bonds. The minimum atomic E-state index is 0.0648. The van der Waals surface area contributed by atoms with Crippen molar-refractivity contribution in [2.24, 2.45) is 0 Å². The Morgan fingerprint density at radius 3 is 2.70 bits per heavy atom. The second-order valence-electron chi connectivity index (χ2n) is 5.02. The van der Waals surface area contributed by atoms with Crippen LogP contribution in [0.3, 0.4) is 0 Å². The third-order valence-corrected chi connectivity index (χ3v) is 3.73. The summed E-state index contributed by atoms with van der Waals surface area (Å²) in [6.07, 6.45) is 1.76. The zero-order valence-corrected chi connectivity index (χ0v) is 11.5. The summed E-state index contributed by atoms with van der Waals surface area (Å²) in [5.74, 6) is 0.875. The molecular formula is C14H20N4O2. The summed E-state index contributed by atoms with van der Waals surface area (Å²) in [7, 11) is 0. The number of morpholine rings is 1. The van der Waals surface area contributed by atoms with Crippen LogP contribution < -0.4 is 10.2 Å². The molecule has 0 saturated carbocycles. The minimum absolute atomic E-state index is 0.0648. The maximum absolute atomic E-state index is 12.7. The Kier molecular flexibility index (Phi) is 4.13. The number of hydrogen-bond donors (Lipinski definition) is 1. The van der Waals surface area contributed by atoms with E-state index in [1.165, 1.54) is 0 Å². The van der Waals surface area contributed by atoms with Crippen molar-refractivity contribution in [3.8, 4) is 0 Å². The number of rotatable bonds is 2. The van der Waals surface area contributed by atoms with E-state index in [1.54, 1.807) is 6.20 Å². The van der Waals surface area contributed by atoms with Crippen molar-refractivity contribution in [2.75, 3.05) is 57.4 Å². The number of hydrogen-bond acceptors (Lipinski definition) is 5. The average Bonchev–Trinajstić information content (AvgIpc) is 2.56. The van der Waals surface area contributed by atoms with Crippen LogP contribution in [0.1, 0.15) is 10.4 Å². The van der Waals surface area contributed by atoms with Crippen molar-refractivity contribution in [1.82, 2.24) is 15.2 Å². The van der Waals surface area contributed by atoms with E-state index in [9.17, 15) is 4.79 Å². The van der Waals surface area contributed by atoms with Gasteiger partial charge in [0.1, 0.15) is 5.82 Å². The molecule has 1 aromatic heterocycles. The van der Waals surface area contributed by atoms with Gasteiger partial charge in [-0.2, -0.15) is 0 Å². The van der Waals surface area contributed by atoms with Crippen LogP contribution in [0.25, 0.3) is 0 Å². The number of aromatic nitrogens is 1. The lowest BCUT2D eigenvalue weighted by Gasteiger charge is -2.32. The molecule has 0 radical (unpaired) electrons. The van der Waals surface area contributed by atoms with Crippen molar-refractivity contribution in [3.05, 3.63) is 23.9 Å². The topological polar surface area (TPSA) is 57.7 Å². The van der Waals surface area contributed by atoms with Gasteiger partial charge in [-0.05, 0) is 12.1 Å². The third-order valence-electron chi connectivity index (χ3n) is 3.73. The van der Waals surface area contributed by atoms with Crippen molar-refractivity contribution >= 4 is 11.7 Å². The molecule has 6 heteroatoms. The Morgan fingerprint density at radius 2 is 1.95 bits per heavy atom. The fourth-order valence-corrected chi connectivity index (χ4v) is 2.63. The maximum Gasteiger partial charge on any atom is 0.257 e. The first-order valence-corrected chi connectivity index (χ1v) is 7.14. The van der Waals surface area contributed by atoms with Gasteiger partial charge < -0.3 is 19.9 Å². The molecule has 0 unspecified atom stereocenters. The predicted octanol–water partition coefficient (Wildman–Crippen LogP) is -0.0364. The first kappa shape index (κ1) is 13.3. The Labute approximate surface area is 118 Å². The van der Waals surface area contributed by atoms with E-state index in [2.05, 4.69) is 15.2 Å². The van der Waals surface area contributed by atoms with Gasteiger partial charge in [-0.25, -0.2) is 4.98 Å². The number of pyridine rings is 1. The molecule has 108 valence electrons. The molecule has 3 heterocycles. The quantitative estimate of drug-likeness (QED) is 0.821. The normalized spacial score (nSPS) is 20.0. The van der Waals surface area contributed by atoms with Crippen molar-refractivity contribution in [2.45, 2.75) is 0 Å². The summed E-state index contributed by atoms with van der Waals surface area (Å²) >= 11 is 0. The van der Waals surface area contributed by atoms with Gasteiger partial charge in [0.05, 0.1) is 18.8 Å². The number of amides is 1. The summed E-state index contributed by atoms with van der Waals surface area (Å²) in [5, 5.41) is 3.32. The fourth-order valence-electron chi connectivity index (χ4n) is 2.63. The number of carbonyl (C=O) groups excluding carboxylic acids is 1. The summed E-state index contributed by atoms with van der Waals surface area (Å²) < 4.78 is 5.30. The molecule has 2 saturated heterocycles. The van der Waals surface area contributed by atoms with Crippen LogP contribution >= 0.6 is 0 Å². The predicted molar refractivity (Wildman–Crippen MR) is 76.0 cm³/mol. The first-order valence-electron chi connectivity index (χ1n) is 7.14. The van der Waals surface area contributed by atoms with E-state index in [1.807, 2.05) is 17.0 Å². The molecule has 20 heavy (non-hydrogen) atoms. The van der Waals surface area contributed by atoms with Gasteiger partial charge >= 0.3 is 0 Å². The van der Waals surface area contributed by atoms with Gasteiger partial charge in [0.2, 0.25) is 0 Å². The Balaban J connectivity index is 1.82. The number of nitrogens with zero attached hydrogens (tertiary/aromatic N) is 3. The van der Waals surface area contributed by atoms with E-state index in [4.69, 9.17) is 4.74 Å². The Bertz CT molecular complexity index is 468. The lowest BCUT2D eigenvalue weighted by atomic mass is 10.2. The fraction of sp³-hybridized carbons (Fsp3) is 0.571. The molecule has 0 aliphatic carbocycles. The molecule has 0 atom stereocenters. The van der Waals surface area contributed by atoms with Crippen molar-refractivity contribution in [3.63, 3.8) is 0 Å². The number of carbonyl (C=O) groups is 1. The van der Waals surface area contributed by atoms with Crippen LogP contribution in [-0.2, 0) is 4.74 Å². The molecule has 0 aromatic carbocycles. The highest BCUT2D eigenvalue weighted by Gasteiger charge is 2.24. The molecule has 2 fully saturated rings. The molecule has 3 rings (SSSR count). The molecule has 0 bridgehead atoms. The van der Waals surface area contributed by atoms with Crippen LogP contribution in [0.15, 0.2) is 18.3 Å². The monoisotopic (exact) mass is 276 g/mol. The largest absolute Gasteiger partial charge is 0.378 e. The molecule has 2 aliphatic rings. The SMILES string of the molecule is O=C(c1cccnc1N1CCNCC1)N1CCOCC1. The van der Waals surface area contributed by atoms with Gasteiger partial charge in [0.15, 0.2) is 0 Å². The Morgan fingerprint density at radius 1 is 1.20 bits per heavy atom. The van der Waals surface area contributed by atoms with Crippen LogP contribution in [0.2, 0.25) is 0 Å². The van der Waals surface area contributed by atoms with Crippen molar-refractivity contribution in [1.29, 1.82) is 0 Å². The number of nitrogens with one attached hydrogen (secondary N) is 1. The zero-order chi connectivity index (χ0) is 13.8. The average molecular weight is 276 g/mol. The van der Waals surface area contributed by atoms with Gasteiger partial charge in [0.25, 0.3) is 5.91 Å². The Hall–Kier alpha value is -1.66. The van der Waals surface area contributed by atoms with Crippen LogP contribution in [0.4, 0.5) is 5.82 Å². The van der Waals surface area contributed by atoms with Crippen molar-refractivity contribution < 1.29 is 9.53 Å². The van der Waals surface area contributed by atoms with E-state index in [-0.39, 0.29) is 5.91 Å². The van der Waals surface area contributed by atoms with E-state index >= 15 is 0 Å². The summed E-state index contributed by atoms with van der Waals surface area (Å²) in [5.41, 5.74) is 0.705. The minimum Gasteiger partial charge on any atom is -0.378 e. The first-order chi connectivity index (χ1) is 9.86. The van der Waals surface area contributed by atoms with E-state index < -0.39 is 0 Å². The van der Waals surface area contributed by atoms with E-state index in [0.29, 0.717) is 31.9 Å². The highest BCUT2D eigenvalue weighted by atomic mass is 16.5. The third kappa shape index (κ3) is 2.76. The molecule has 1 N–H and O–H groups in total. The standard InChI is InChI=1S/C14H20N4O2/c19-14(18-8-10-20-11-9-18)12-2-1-3-16-13(12)17-6-4-15-5-7-17/h1-3,15H,4-11H2. The number of anilines is 1. The summed E-state index contributed by atoms with van der Waals surface area (Å²) in [6.45, 7) is 6.21. The van der Waals surface area contributed by atoms with Gasteiger partial charge in [0, 0.05) is 45.5 Å². The lowest BCUT2D eigenvalue weighted by molar-refractivity contribution is 0.0303. The molecule has 2 aliphatic heterocycles. The second kappa shape index (κ2) is 6.19. The van der Waals surface area contributed by atoms with Gasteiger partial charge in [-0.15, -0.1) is 0 Å². The molecule has 1 aromatic rings. The van der Waals surface area contributed by atoms with Crippen LogP contribution in [0, 0.1) is 0 Å². The molecular weight excluding hydrogens is 256 g/mol. The van der Waals surface area contributed by atoms with Gasteiger partial charge in [-0.1, -0.05) is 0 Å². The van der Waals surface area contributed by atoms with E-state index in [0.717, 1.165) is 32.0 Å². The maximum atomic E-state index is 12.7. The highest BCUT2D eigenvalue weighted by molar-refractivity contribution is 5.99. The van der Waals surface area contributed by atoms with Crippen LogP contribution in [-0.4, -0.2) is 68.3 Å². The second-order valence-corrected chi connectivity index (χ2v) is 5.02. The highest BCUT2D eigenvalue weighted by Crippen LogP contribution is 2.20. The summed E-state index contributed by atoms with van der Waals surface area (Å²) in [4.78, 5) is 21.1. The molecule has 6 nitrogen and oxygen atoms in total.